The first-order valence-electron chi connectivity index (χ1n) is 7.96. The summed E-state index contributed by atoms with van der Waals surface area (Å²) < 4.78 is 0. The van der Waals surface area contributed by atoms with Gasteiger partial charge in [0.25, 0.3) is 0 Å². The maximum atomic E-state index is 11.5. The summed E-state index contributed by atoms with van der Waals surface area (Å²) in [7, 11) is 2.19. The van der Waals surface area contributed by atoms with Crippen LogP contribution in [0.2, 0.25) is 0 Å². The van der Waals surface area contributed by atoms with Gasteiger partial charge in [0, 0.05) is 38.3 Å². The van der Waals surface area contributed by atoms with Crippen molar-refractivity contribution in [3.8, 4) is 0 Å². The molecule has 0 bridgehead atoms. The first-order valence-corrected chi connectivity index (χ1v) is 7.96. The van der Waals surface area contributed by atoms with Gasteiger partial charge in [0.1, 0.15) is 0 Å². The highest BCUT2D eigenvalue weighted by atomic mass is 16.1. The molecule has 116 valence electrons. The number of likely N-dealkylation sites (N-methyl/N-ethyl adjacent to an activating group) is 1. The lowest BCUT2D eigenvalue weighted by Gasteiger charge is -2.44. The highest BCUT2D eigenvalue weighted by molar-refractivity contribution is 5.79. The molecule has 0 aliphatic carbocycles. The maximum absolute atomic E-state index is 11.5. The molecule has 2 heterocycles. The average Bonchev–Trinajstić information content (AvgIpc) is 2.37. The van der Waals surface area contributed by atoms with Crippen LogP contribution in [-0.2, 0) is 4.79 Å². The first-order chi connectivity index (χ1) is 9.49. The van der Waals surface area contributed by atoms with Gasteiger partial charge in [-0.3, -0.25) is 14.6 Å². The Labute approximate surface area is 123 Å². The number of hydrogen-bond donors (Lipinski definition) is 1. The predicted molar refractivity (Wildman–Crippen MR) is 81.5 cm³/mol. The SMILES string of the molecule is C[C@@H]1CN(C)C[C@H](C)N1CCN1CCCCC1C(N)=O. The predicted octanol–water partition coefficient (Wildman–Crippen LogP) is 0.351. The van der Waals surface area contributed by atoms with E-state index in [-0.39, 0.29) is 11.9 Å². The Morgan fingerprint density at radius 2 is 1.80 bits per heavy atom. The second-order valence-corrected chi connectivity index (χ2v) is 6.61. The van der Waals surface area contributed by atoms with E-state index in [9.17, 15) is 4.79 Å². The van der Waals surface area contributed by atoms with Crippen molar-refractivity contribution in [3.63, 3.8) is 0 Å². The molecular weight excluding hydrogens is 252 g/mol. The number of likely N-dealkylation sites (tertiary alicyclic amines) is 1. The van der Waals surface area contributed by atoms with E-state index in [2.05, 4.69) is 35.6 Å². The van der Waals surface area contributed by atoms with Crippen LogP contribution < -0.4 is 5.73 Å². The normalized spacial score (nSPS) is 34.2. The van der Waals surface area contributed by atoms with Gasteiger partial charge in [0.15, 0.2) is 0 Å². The smallest absolute Gasteiger partial charge is 0.234 e. The van der Waals surface area contributed by atoms with E-state index in [1.54, 1.807) is 0 Å². The van der Waals surface area contributed by atoms with Crippen LogP contribution in [-0.4, -0.2) is 78.5 Å². The summed E-state index contributed by atoms with van der Waals surface area (Å²) in [6, 6.07) is 1.13. The van der Waals surface area contributed by atoms with Crippen LogP contribution in [0.15, 0.2) is 0 Å². The molecule has 0 aromatic rings. The lowest BCUT2D eigenvalue weighted by molar-refractivity contribution is -0.124. The van der Waals surface area contributed by atoms with Crippen LogP contribution >= 0.6 is 0 Å². The van der Waals surface area contributed by atoms with Crippen LogP contribution in [0.1, 0.15) is 33.1 Å². The zero-order chi connectivity index (χ0) is 14.7. The van der Waals surface area contributed by atoms with E-state index in [4.69, 9.17) is 5.73 Å². The van der Waals surface area contributed by atoms with Crippen molar-refractivity contribution >= 4 is 5.91 Å². The number of amides is 1. The molecule has 5 heteroatoms. The largest absolute Gasteiger partial charge is 0.368 e. The number of hydrogen-bond acceptors (Lipinski definition) is 4. The van der Waals surface area contributed by atoms with Gasteiger partial charge in [-0.2, -0.15) is 0 Å². The second-order valence-electron chi connectivity index (χ2n) is 6.61. The molecule has 0 aromatic heterocycles. The van der Waals surface area contributed by atoms with E-state index >= 15 is 0 Å². The Balaban J connectivity index is 1.88. The van der Waals surface area contributed by atoms with Crippen molar-refractivity contribution in [1.82, 2.24) is 14.7 Å². The van der Waals surface area contributed by atoms with Crippen molar-refractivity contribution in [2.45, 2.75) is 51.2 Å². The summed E-state index contributed by atoms with van der Waals surface area (Å²) in [5, 5.41) is 0. The third-order valence-electron chi connectivity index (χ3n) is 4.87. The second kappa shape index (κ2) is 6.87. The fraction of sp³-hybridized carbons (Fsp3) is 0.933. The first kappa shape index (κ1) is 15.7. The fourth-order valence-corrected chi connectivity index (χ4v) is 3.89. The zero-order valence-electron chi connectivity index (χ0n) is 13.2. The minimum absolute atomic E-state index is 0.0400. The van der Waals surface area contributed by atoms with Crippen LogP contribution in [0, 0.1) is 0 Å². The molecule has 2 aliphatic rings. The van der Waals surface area contributed by atoms with Gasteiger partial charge in [-0.05, 0) is 40.3 Å². The highest BCUT2D eigenvalue weighted by Crippen LogP contribution is 2.18. The van der Waals surface area contributed by atoms with Crippen LogP contribution in [0.5, 0.6) is 0 Å². The molecule has 20 heavy (non-hydrogen) atoms. The van der Waals surface area contributed by atoms with Crippen molar-refractivity contribution < 1.29 is 4.79 Å². The van der Waals surface area contributed by atoms with E-state index in [1.807, 2.05) is 0 Å². The lowest BCUT2D eigenvalue weighted by Crippen LogP contribution is -2.58. The number of nitrogens with zero attached hydrogens (tertiary/aromatic N) is 3. The molecule has 2 saturated heterocycles. The molecule has 2 rings (SSSR count). The Hall–Kier alpha value is -0.650. The van der Waals surface area contributed by atoms with E-state index in [0.29, 0.717) is 12.1 Å². The molecule has 0 spiro atoms. The van der Waals surface area contributed by atoms with Gasteiger partial charge in [-0.1, -0.05) is 6.42 Å². The third-order valence-corrected chi connectivity index (χ3v) is 4.87. The summed E-state index contributed by atoms with van der Waals surface area (Å²) in [6.45, 7) is 9.88. The monoisotopic (exact) mass is 282 g/mol. The number of piperidine rings is 1. The molecule has 0 aromatic carbocycles. The summed E-state index contributed by atoms with van der Waals surface area (Å²) in [4.78, 5) is 18.8. The quantitative estimate of drug-likeness (QED) is 0.808. The molecular formula is C15H30N4O. The standard InChI is InChI=1S/C15H30N4O/c1-12-10-17(3)11-13(2)19(12)9-8-18-7-5-4-6-14(18)15(16)20/h12-14H,4-11H2,1-3H3,(H2,16,20)/t12-,13+,14?. The minimum atomic E-state index is -0.149. The Morgan fingerprint density at radius 1 is 1.15 bits per heavy atom. The number of primary amides is 1. The van der Waals surface area contributed by atoms with Crippen LogP contribution in [0.25, 0.3) is 0 Å². The number of carbonyl (C=O) groups excluding carboxylic acids is 1. The molecule has 0 radical (unpaired) electrons. The summed E-state index contributed by atoms with van der Waals surface area (Å²) >= 11 is 0. The molecule has 1 amide bonds. The highest BCUT2D eigenvalue weighted by Gasteiger charge is 2.30. The molecule has 2 fully saturated rings. The summed E-state index contributed by atoms with van der Waals surface area (Å²) in [5.41, 5.74) is 5.54. The fourth-order valence-electron chi connectivity index (χ4n) is 3.89. The molecule has 2 aliphatic heterocycles. The molecule has 1 unspecified atom stereocenters. The number of piperazine rings is 1. The van der Waals surface area contributed by atoms with Crippen molar-refractivity contribution in [1.29, 1.82) is 0 Å². The van der Waals surface area contributed by atoms with Gasteiger partial charge in [-0.25, -0.2) is 0 Å². The van der Waals surface area contributed by atoms with E-state index in [1.165, 1.54) is 6.42 Å². The van der Waals surface area contributed by atoms with E-state index < -0.39 is 0 Å². The molecule has 3 atom stereocenters. The zero-order valence-corrected chi connectivity index (χ0v) is 13.2. The van der Waals surface area contributed by atoms with Crippen LogP contribution in [0.4, 0.5) is 0 Å². The van der Waals surface area contributed by atoms with Crippen molar-refractivity contribution in [2.24, 2.45) is 5.73 Å². The number of rotatable bonds is 4. The van der Waals surface area contributed by atoms with Gasteiger partial charge in [0.2, 0.25) is 5.91 Å². The average molecular weight is 282 g/mol. The van der Waals surface area contributed by atoms with E-state index in [0.717, 1.165) is 45.6 Å². The Kier molecular flexibility index (Phi) is 5.41. The van der Waals surface area contributed by atoms with Gasteiger partial charge in [0.05, 0.1) is 6.04 Å². The molecule has 5 nitrogen and oxygen atoms in total. The minimum Gasteiger partial charge on any atom is -0.368 e. The van der Waals surface area contributed by atoms with Gasteiger partial charge in [-0.15, -0.1) is 0 Å². The Bertz CT molecular complexity index is 324. The number of carbonyl (C=O) groups is 1. The number of nitrogens with two attached hydrogens (primary N) is 1. The maximum Gasteiger partial charge on any atom is 0.234 e. The molecule has 0 saturated carbocycles. The Morgan fingerprint density at radius 3 is 2.40 bits per heavy atom. The topological polar surface area (TPSA) is 52.8 Å². The third kappa shape index (κ3) is 3.71. The van der Waals surface area contributed by atoms with Gasteiger partial charge < -0.3 is 10.6 Å². The summed E-state index contributed by atoms with van der Waals surface area (Å²) in [5.74, 6) is -0.149. The summed E-state index contributed by atoms with van der Waals surface area (Å²) in [6.07, 6.45) is 3.26. The van der Waals surface area contributed by atoms with Gasteiger partial charge >= 0.3 is 0 Å². The van der Waals surface area contributed by atoms with Crippen molar-refractivity contribution in [3.05, 3.63) is 0 Å². The van der Waals surface area contributed by atoms with Crippen molar-refractivity contribution in [2.75, 3.05) is 39.8 Å². The molecule has 2 N–H and O–H groups in total. The lowest BCUT2D eigenvalue weighted by atomic mass is 10.0. The van der Waals surface area contributed by atoms with Crippen LogP contribution in [0.3, 0.4) is 0 Å².